The zero-order chi connectivity index (χ0) is 13.6. The van der Waals surface area contributed by atoms with Gasteiger partial charge in [0.05, 0.1) is 5.41 Å². The third-order valence-corrected chi connectivity index (χ3v) is 3.89. The van der Waals surface area contributed by atoms with Crippen molar-refractivity contribution in [1.82, 2.24) is 10.2 Å². The minimum atomic E-state index is -0.776. The van der Waals surface area contributed by atoms with Crippen LogP contribution < -0.4 is 5.32 Å². The molecule has 0 spiro atoms. The van der Waals surface area contributed by atoms with E-state index in [0.717, 1.165) is 19.3 Å². The molecule has 1 saturated carbocycles. The van der Waals surface area contributed by atoms with E-state index in [1.54, 1.807) is 4.90 Å². The number of hydrogen-bond donors (Lipinski definition) is 2. The van der Waals surface area contributed by atoms with Gasteiger partial charge in [-0.15, -0.1) is 0 Å². The van der Waals surface area contributed by atoms with Gasteiger partial charge in [0.25, 0.3) is 0 Å². The smallest absolute Gasteiger partial charge is 0.317 e. The first-order valence-corrected chi connectivity index (χ1v) is 6.82. The van der Waals surface area contributed by atoms with Gasteiger partial charge in [-0.3, -0.25) is 4.79 Å². The van der Waals surface area contributed by atoms with Crippen LogP contribution in [0.2, 0.25) is 0 Å². The fraction of sp³-hybridized carbons (Fsp3) is 0.846. The Morgan fingerprint density at radius 3 is 2.17 bits per heavy atom. The second-order valence-electron chi connectivity index (χ2n) is 4.98. The lowest BCUT2D eigenvalue weighted by molar-refractivity contribution is -0.150. The molecular formula is C13H24N2O3. The molecule has 2 N–H and O–H groups in total. The van der Waals surface area contributed by atoms with E-state index < -0.39 is 11.4 Å². The van der Waals surface area contributed by atoms with Crippen LogP contribution in [0.4, 0.5) is 4.79 Å². The lowest BCUT2D eigenvalue weighted by Crippen LogP contribution is -2.48. The van der Waals surface area contributed by atoms with Crippen molar-refractivity contribution in [3.63, 3.8) is 0 Å². The monoisotopic (exact) mass is 256 g/mol. The molecule has 5 heteroatoms. The van der Waals surface area contributed by atoms with Crippen LogP contribution in [0.25, 0.3) is 0 Å². The zero-order valence-corrected chi connectivity index (χ0v) is 11.4. The van der Waals surface area contributed by atoms with Gasteiger partial charge in [0.1, 0.15) is 0 Å². The number of hydrogen-bond acceptors (Lipinski definition) is 2. The number of aliphatic carboxylic acids is 1. The summed E-state index contributed by atoms with van der Waals surface area (Å²) in [5.41, 5.74) is -0.749. The number of urea groups is 1. The van der Waals surface area contributed by atoms with E-state index in [1.807, 2.05) is 13.8 Å². The Kier molecular flexibility index (Phi) is 5.44. The van der Waals surface area contributed by atoms with E-state index in [-0.39, 0.29) is 12.6 Å². The zero-order valence-electron chi connectivity index (χ0n) is 11.4. The van der Waals surface area contributed by atoms with Gasteiger partial charge in [-0.2, -0.15) is 0 Å². The molecule has 1 aliphatic rings. The van der Waals surface area contributed by atoms with Gasteiger partial charge in [-0.05, 0) is 26.7 Å². The van der Waals surface area contributed by atoms with Crippen LogP contribution in [0.3, 0.4) is 0 Å². The molecule has 0 saturated heterocycles. The first-order valence-electron chi connectivity index (χ1n) is 6.82. The van der Waals surface area contributed by atoms with Crippen molar-refractivity contribution in [3.05, 3.63) is 0 Å². The minimum absolute atomic E-state index is 0.161. The van der Waals surface area contributed by atoms with Gasteiger partial charge in [0.2, 0.25) is 0 Å². The molecule has 0 aromatic carbocycles. The van der Waals surface area contributed by atoms with Crippen molar-refractivity contribution in [2.24, 2.45) is 5.41 Å². The fourth-order valence-electron chi connectivity index (χ4n) is 2.56. The molecule has 18 heavy (non-hydrogen) atoms. The van der Waals surface area contributed by atoms with Crippen LogP contribution in [0.15, 0.2) is 0 Å². The highest BCUT2D eigenvalue weighted by atomic mass is 16.4. The number of carbonyl (C=O) groups excluding carboxylic acids is 1. The predicted molar refractivity (Wildman–Crippen MR) is 69.5 cm³/mol. The molecule has 0 unspecified atom stereocenters. The first kappa shape index (κ1) is 14.8. The lowest BCUT2D eigenvalue weighted by Gasteiger charge is -2.34. The standard InChI is InChI=1S/C13H24N2O3/c1-3-15(4-2)12(18)14-10-13(11(16)17)8-6-5-7-9-13/h3-10H2,1-2H3,(H,14,18)(H,16,17). The van der Waals surface area contributed by atoms with Crippen LogP contribution in [0, 0.1) is 5.41 Å². The van der Waals surface area contributed by atoms with E-state index in [0.29, 0.717) is 25.9 Å². The van der Waals surface area contributed by atoms with Crippen molar-refractivity contribution in [3.8, 4) is 0 Å². The third kappa shape index (κ3) is 3.37. The molecule has 0 aliphatic heterocycles. The molecule has 0 radical (unpaired) electrons. The van der Waals surface area contributed by atoms with Crippen molar-refractivity contribution in [2.45, 2.75) is 46.0 Å². The van der Waals surface area contributed by atoms with Crippen LogP contribution >= 0.6 is 0 Å². The molecule has 2 amide bonds. The first-order chi connectivity index (χ1) is 8.55. The molecular weight excluding hydrogens is 232 g/mol. The van der Waals surface area contributed by atoms with Crippen molar-refractivity contribution < 1.29 is 14.7 Å². The van der Waals surface area contributed by atoms with E-state index in [9.17, 15) is 14.7 Å². The number of amides is 2. The van der Waals surface area contributed by atoms with Crippen LogP contribution in [0.1, 0.15) is 46.0 Å². The SMILES string of the molecule is CCN(CC)C(=O)NCC1(C(=O)O)CCCCC1. The number of nitrogens with zero attached hydrogens (tertiary/aromatic N) is 1. The molecule has 5 nitrogen and oxygen atoms in total. The Morgan fingerprint density at radius 1 is 1.17 bits per heavy atom. The second kappa shape index (κ2) is 6.61. The van der Waals surface area contributed by atoms with Gasteiger partial charge < -0.3 is 15.3 Å². The summed E-state index contributed by atoms with van der Waals surface area (Å²) in [5.74, 6) is -0.776. The van der Waals surface area contributed by atoms with E-state index in [2.05, 4.69) is 5.32 Å². The quantitative estimate of drug-likeness (QED) is 0.791. The normalized spacial score (nSPS) is 18.1. The summed E-state index contributed by atoms with van der Waals surface area (Å²) in [7, 11) is 0. The van der Waals surface area contributed by atoms with Crippen molar-refractivity contribution in [2.75, 3.05) is 19.6 Å². The third-order valence-electron chi connectivity index (χ3n) is 3.89. The topological polar surface area (TPSA) is 69.6 Å². The number of carboxylic acid groups (broad SMARTS) is 1. The molecule has 0 heterocycles. The molecule has 1 fully saturated rings. The highest BCUT2D eigenvalue weighted by Crippen LogP contribution is 2.36. The van der Waals surface area contributed by atoms with Gasteiger partial charge >= 0.3 is 12.0 Å². The molecule has 0 aromatic rings. The van der Waals surface area contributed by atoms with E-state index in [1.165, 1.54) is 0 Å². The highest BCUT2D eigenvalue weighted by molar-refractivity contribution is 5.78. The minimum Gasteiger partial charge on any atom is -0.481 e. The largest absolute Gasteiger partial charge is 0.481 e. The number of nitrogens with one attached hydrogen (secondary N) is 1. The summed E-state index contributed by atoms with van der Waals surface area (Å²) in [6, 6.07) is -0.161. The molecule has 0 bridgehead atoms. The molecule has 104 valence electrons. The molecule has 1 aliphatic carbocycles. The molecule has 1 rings (SSSR count). The van der Waals surface area contributed by atoms with E-state index >= 15 is 0 Å². The van der Waals surface area contributed by atoms with Gasteiger partial charge in [-0.1, -0.05) is 19.3 Å². The number of carboxylic acids is 1. The van der Waals surface area contributed by atoms with Crippen LogP contribution in [-0.2, 0) is 4.79 Å². The number of rotatable bonds is 5. The average Bonchev–Trinajstić information content (AvgIpc) is 2.38. The van der Waals surface area contributed by atoms with Gasteiger partial charge in [0, 0.05) is 19.6 Å². The highest BCUT2D eigenvalue weighted by Gasteiger charge is 2.39. The fourth-order valence-corrected chi connectivity index (χ4v) is 2.56. The Hall–Kier alpha value is -1.26. The Balaban J connectivity index is 2.57. The maximum atomic E-state index is 11.8. The van der Waals surface area contributed by atoms with E-state index in [4.69, 9.17) is 0 Å². The maximum Gasteiger partial charge on any atom is 0.317 e. The second-order valence-corrected chi connectivity index (χ2v) is 4.98. The summed E-state index contributed by atoms with van der Waals surface area (Å²) in [6.45, 7) is 5.36. The summed E-state index contributed by atoms with van der Waals surface area (Å²) in [5, 5.41) is 12.2. The van der Waals surface area contributed by atoms with Crippen molar-refractivity contribution >= 4 is 12.0 Å². The van der Waals surface area contributed by atoms with Crippen LogP contribution in [-0.4, -0.2) is 41.6 Å². The lowest BCUT2D eigenvalue weighted by atomic mass is 9.74. The van der Waals surface area contributed by atoms with Crippen LogP contribution in [0.5, 0.6) is 0 Å². The summed E-state index contributed by atoms with van der Waals surface area (Å²) in [4.78, 5) is 24.9. The predicted octanol–water partition coefficient (Wildman–Crippen LogP) is 2.07. The van der Waals surface area contributed by atoms with Crippen molar-refractivity contribution in [1.29, 1.82) is 0 Å². The summed E-state index contributed by atoms with van der Waals surface area (Å²) < 4.78 is 0. The number of carbonyl (C=O) groups is 2. The molecule has 0 atom stereocenters. The Morgan fingerprint density at radius 2 is 1.72 bits per heavy atom. The summed E-state index contributed by atoms with van der Waals surface area (Å²) >= 11 is 0. The summed E-state index contributed by atoms with van der Waals surface area (Å²) in [6.07, 6.45) is 4.31. The Bertz CT molecular complexity index is 295. The average molecular weight is 256 g/mol. The van der Waals surface area contributed by atoms with Gasteiger partial charge in [-0.25, -0.2) is 4.79 Å². The molecule has 0 aromatic heterocycles. The van der Waals surface area contributed by atoms with Gasteiger partial charge in [0.15, 0.2) is 0 Å². The maximum absolute atomic E-state index is 11.8. The Labute approximate surface area is 109 Å².